The van der Waals surface area contributed by atoms with Gasteiger partial charge in [0.25, 0.3) is 0 Å². The van der Waals surface area contributed by atoms with Crippen molar-refractivity contribution in [3.63, 3.8) is 0 Å². The Morgan fingerprint density at radius 1 is 0.850 bits per heavy atom. The fraction of sp³-hybridized carbons (Fsp3) is 0.250. The SMILES string of the molecule is CNC(c1ccc(F)c(C)c1)c1cc(F)c(C)cc1F. The van der Waals surface area contributed by atoms with Crippen molar-refractivity contribution < 1.29 is 13.2 Å². The summed E-state index contributed by atoms with van der Waals surface area (Å²) < 4.78 is 41.0. The topological polar surface area (TPSA) is 12.0 Å². The molecule has 0 saturated heterocycles. The van der Waals surface area contributed by atoms with Gasteiger partial charge in [-0.3, -0.25) is 0 Å². The summed E-state index contributed by atoms with van der Waals surface area (Å²) in [5.41, 5.74) is 1.63. The molecule has 0 heterocycles. The monoisotopic (exact) mass is 279 g/mol. The Bertz CT molecular complexity index is 638. The molecule has 4 heteroatoms. The van der Waals surface area contributed by atoms with Gasteiger partial charge in [-0.1, -0.05) is 12.1 Å². The second kappa shape index (κ2) is 5.67. The number of nitrogens with one attached hydrogen (secondary N) is 1. The van der Waals surface area contributed by atoms with Gasteiger partial charge in [-0.15, -0.1) is 0 Å². The molecule has 1 N–H and O–H groups in total. The smallest absolute Gasteiger partial charge is 0.128 e. The van der Waals surface area contributed by atoms with Gasteiger partial charge >= 0.3 is 0 Å². The first-order valence-corrected chi connectivity index (χ1v) is 6.33. The summed E-state index contributed by atoms with van der Waals surface area (Å²) in [5, 5.41) is 2.94. The Balaban J connectivity index is 2.52. The van der Waals surface area contributed by atoms with E-state index in [9.17, 15) is 13.2 Å². The lowest BCUT2D eigenvalue weighted by Crippen LogP contribution is -2.19. The minimum Gasteiger partial charge on any atom is -0.309 e. The second-order valence-electron chi connectivity index (χ2n) is 4.85. The molecule has 0 radical (unpaired) electrons. The minimum atomic E-state index is -0.524. The molecule has 1 atom stereocenters. The predicted molar refractivity (Wildman–Crippen MR) is 73.1 cm³/mol. The van der Waals surface area contributed by atoms with Gasteiger partial charge in [0.05, 0.1) is 6.04 Å². The van der Waals surface area contributed by atoms with Crippen LogP contribution in [0.25, 0.3) is 0 Å². The van der Waals surface area contributed by atoms with Crippen molar-refractivity contribution in [1.29, 1.82) is 0 Å². The summed E-state index contributed by atoms with van der Waals surface area (Å²) >= 11 is 0. The van der Waals surface area contributed by atoms with Crippen LogP contribution < -0.4 is 5.32 Å². The first-order valence-electron chi connectivity index (χ1n) is 6.33. The van der Waals surface area contributed by atoms with Crippen LogP contribution in [0.3, 0.4) is 0 Å². The molecule has 0 bridgehead atoms. The maximum absolute atomic E-state index is 14.1. The Morgan fingerprint density at radius 2 is 1.50 bits per heavy atom. The van der Waals surface area contributed by atoms with Gasteiger partial charge < -0.3 is 5.32 Å². The van der Waals surface area contributed by atoms with E-state index in [1.807, 2.05) is 0 Å². The van der Waals surface area contributed by atoms with Crippen LogP contribution in [0.4, 0.5) is 13.2 Å². The maximum atomic E-state index is 14.1. The molecule has 0 amide bonds. The standard InChI is InChI=1S/C16H16F3N/c1-9-6-11(4-5-13(9)17)16(20-3)12-8-14(18)10(2)7-15(12)19/h4-8,16,20H,1-3H3. The van der Waals surface area contributed by atoms with Crippen molar-refractivity contribution in [2.24, 2.45) is 0 Å². The summed E-state index contributed by atoms with van der Waals surface area (Å²) in [6.45, 7) is 3.15. The molecule has 0 saturated carbocycles. The molecule has 0 spiro atoms. The molecule has 2 aromatic rings. The molecule has 0 aliphatic rings. The van der Waals surface area contributed by atoms with Crippen LogP contribution in [0.1, 0.15) is 28.3 Å². The van der Waals surface area contributed by atoms with E-state index in [-0.39, 0.29) is 16.9 Å². The molecule has 0 aliphatic heterocycles. The number of halogens is 3. The summed E-state index contributed by atoms with van der Waals surface area (Å²) in [6.07, 6.45) is 0. The average Bonchev–Trinajstić information content (AvgIpc) is 2.40. The lowest BCUT2D eigenvalue weighted by molar-refractivity contribution is 0.552. The van der Waals surface area contributed by atoms with E-state index in [1.165, 1.54) is 25.1 Å². The zero-order valence-corrected chi connectivity index (χ0v) is 11.6. The summed E-state index contributed by atoms with van der Waals surface area (Å²) in [7, 11) is 1.65. The van der Waals surface area contributed by atoms with E-state index >= 15 is 0 Å². The summed E-state index contributed by atoms with van der Waals surface area (Å²) in [6, 6.07) is 6.37. The molecular formula is C16H16F3N. The van der Waals surface area contributed by atoms with Gasteiger partial charge in [0.15, 0.2) is 0 Å². The Labute approximate surface area is 116 Å². The van der Waals surface area contributed by atoms with Crippen molar-refractivity contribution >= 4 is 0 Å². The third kappa shape index (κ3) is 2.70. The van der Waals surface area contributed by atoms with Gasteiger partial charge in [0.2, 0.25) is 0 Å². The molecule has 0 aromatic heterocycles. The number of rotatable bonds is 3. The van der Waals surface area contributed by atoms with Gasteiger partial charge in [-0.25, -0.2) is 13.2 Å². The van der Waals surface area contributed by atoms with Gasteiger partial charge in [-0.05, 0) is 55.8 Å². The van der Waals surface area contributed by atoms with Gasteiger partial charge in [0, 0.05) is 5.56 Å². The zero-order valence-electron chi connectivity index (χ0n) is 11.6. The molecule has 0 aliphatic carbocycles. The Morgan fingerprint density at radius 3 is 2.10 bits per heavy atom. The van der Waals surface area contributed by atoms with E-state index in [2.05, 4.69) is 5.32 Å². The highest BCUT2D eigenvalue weighted by molar-refractivity contribution is 5.37. The second-order valence-corrected chi connectivity index (χ2v) is 4.85. The highest BCUT2D eigenvalue weighted by atomic mass is 19.1. The number of benzene rings is 2. The molecule has 1 nitrogen and oxygen atoms in total. The maximum Gasteiger partial charge on any atom is 0.128 e. The lowest BCUT2D eigenvalue weighted by atomic mass is 9.96. The van der Waals surface area contributed by atoms with Crippen molar-refractivity contribution in [2.75, 3.05) is 7.05 Å². The van der Waals surface area contributed by atoms with E-state index in [0.29, 0.717) is 11.1 Å². The van der Waals surface area contributed by atoms with Gasteiger partial charge in [0.1, 0.15) is 17.5 Å². The van der Waals surface area contributed by atoms with Crippen molar-refractivity contribution in [1.82, 2.24) is 5.32 Å². The lowest BCUT2D eigenvalue weighted by Gasteiger charge is -2.19. The van der Waals surface area contributed by atoms with Crippen LogP contribution in [0.5, 0.6) is 0 Å². The van der Waals surface area contributed by atoms with Crippen LogP contribution in [0.15, 0.2) is 30.3 Å². The van der Waals surface area contributed by atoms with Crippen LogP contribution >= 0.6 is 0 Å². The van der Waals surface area contributed by atoms with Crippen LogP contribution in [-0.4, -0.2) is 7.05 Å². The quantitative estimate of drug-likeness (QED) is 0.894. The van der Waals surface area contributed by atoms with Crippen LogP contribution in [0, 0.1) is 31.3 Å². The fourth-order valence-corrected chi connectivity index (χ4v) is 2.23. The molecule has 2 aromatic carbocycles. The number of hydrogen-bond acceptors (Lipinski definition) is 1. The Kier molecular flexibility index (Phi) is 4.14. The first-order chi connectivity index (χ1) is 9.43. The third-order valence-electron chi connectivity index (χ3n) is 3.39. The molecule has 1 unspecified atom stereocenters. The van der Waals surface area contributed by atoms with E-state index in [4.69, 9.17) is 0 Å². The minimum absolute atomic E-state index is 0.210. The number of aryl methyl sites for hydroxylation is 2. The van der Waals surface area contributed by atoms with Crippen molar-refractivity contribution in [3.05, 3.63) is 70.0 Å². The molecule has 106 valence electrons. The molecule has 0 fully saturated rings. The normalized spacial score (nSPS) is 12.5. The van der Waals surface area contributed by atoms with E-state index in [1.54, 1.807) is 26.1 Å². The molecule has 20 heavy (non-hydrogen) atoms. The van der Waals surface area contributed by atoms with Gasteiger partial charge in [-0.2, -0.15) is 0 Å². The first kappa shape index (κ1) is 14.6. The predicted octanol–water partition coefficient (Wildman–Crippen LogP) is 4.03. The highest BCUT2D eigenvalue weighted by Gasteiger charge is 2.18. The van der Waals surface area contributed by atoms with E-state index < -0.39 is 17.7 Å². The van der Waals surface area contributed by atoms with E-state index in [0.717, 1.165) is 0 Å². The van der Waals surface area contributed by atoms with Crippen LogP contribution in [-0.2, 0) is 0 Å². The Hall–Kier alpha value is -1.81. The largest absolute Gasteiger partial charge is 0.309 e. The highest BCUT2D eigenvalue weighted by Crippen LogP contribution is 2.27. The fourth-order valence-electron chi connectivity index (χ4n) is 2.23. The zero-order chi connectivity index (χ0) is 14.9. The third-order valence-corrected chi connectivity index (χ3v) is 3.39. The summed E-state index contributed by atoms with van der Waals surface area (Å²) in [5.74, 6) is -1.26. The van der Waals surface area contributed by atoms with Crippen molar-refractivity contribution in [2.45, 2.75) is 19.9 Å². The average molecular weight is 279 g/mol. The van der Waals surface area contributed by atoms with Crippen molar-refractivity contribution in [3.8, 4) is 0 Å². The molecule has 2 rings (SSSR count). The van der Waals surface area contributed by atoms with Crippen LogP contribution in [0.2, 0.25) is 0 Å². The summed E-state index contributed by atoms with van der Waals surface area (Å²) in [4.78, 5) is 0. The number of hydrogen-bond donors (Lipinski definition) is 1. The molecular weight excluding hydrogens is 263 g/mol.